The summed E-state index contributed by atoms with van der Waals surface area (Å²) in [5, 5.41) is 6.12. The minimum Gasteiger partial charge on any atom is -0.353 e. The molecule has 0 radical (unpaired) electrons. The van der Waals surface area contributed by atoms with Crippen LogP contribution in [0, 0.1) is 11.3 Å². The predicted molar refractivity (Wildman–Crippen MR) is 89.7 cm³/mol. The van der Waals surface area contributed by atoms with E-state index in [-0.39, 0.29) is 29.3 Å². The van der Waals surface area contributed by atoms with Crippen molar-refractivity contribution in [1.29, 1.82) is 0 Å². The van der Waals surface area contributed by atoms with Gasteiger partial charge in [0, 0.05) is 31.6 Å². The van der Waals surface area contributed by atoms with Gasteiger partial charge in [-0.2, -0.15) is 0 Å². The quantitative estimate of drug-likeness (QED) is 0.820. The molecule has 0 spiro atoms. The van der Waals surface area contributed by atoms with E-state index in [1.54, 1.807) is 0 Å². The summed E-state index contributed by atoms with van der Waals surface area (Å²) in [6, 6.07) is 0.222. The average Bonchev–Trinajstić information content (AvgIpc) is 2.46. The van der Waals surface area contributed by atoms with Gasteiger partial charge < -0.3 is 15.5 Å². The highest BCUT2D eigenvalue weighted by molar-refractivity contribution is 5.79. The second-order valence-corrected chi connectivity index (χ2v) is 7.50. The smallest absolute Gasteiger partial charge is 0.317 e. The number of amides is 3. The van der Waals surface area contributed by atoms with Crippen LogP contribution in [0.5, 0.6) is 0 Å². The Hall–Kier alpha value is -1.26. The van der Waals surface area contributed by atoms with Gasteiger partial charge in [-0.1, -0.05) is 34.6 Å². The maximum Gasteiger partial charge on any atom is 0.317 e. The molecule has 0 aromatic carbocycles. The van der Waals surface area contributed by atoms with Crippen molar-refractivity contribution in [3.8, 4) is 0 Å². The Morgan fingerprint density at radius 3 is 2.14 bits per heavy atom. The number of hydrogen-bond donors (Lipinski definition) is 2. The molecule has 0 aromatic heterocycles. The largest absolute Gasteiger partial charge is 0.353 e. The van der Waals surface area contributed by atoms with Gasteiger partial charge in [0.2, 0.25) is 5.91 Å². The van der Waals surface area contributed by atoms with E-state index in [0.29, 0.717) is 19.6 Å². The lowest BCUT2D eigenvalue weighted by Crippen LogP contribution is -2.51. The molecule has 1 fully saturated rings. The summed E-state index contributed by atoms with van der Waals surface area (Å²) in [6.45, 7) is 12.5. The van der Waals surface area contributed by atoms with Crippen molar-refractivity contribution >= 4 is 11.9 Å². The molecule has 22 heavy (non-hydrogen) atoms. The first kappa shape index (κ1) is 18.8. The zero-order chi connectivity index (χ0) is 16.8. The van der Waals surface area contributed by atoms with Crippen LogP contribution in [-0.2, 0) is 4.79 Å². The maximum absolute atomic E-state index is 12.1. The molecule has 2 N–H and O–H groups in total. The Bertz CT molecular complexity index is 365. The fourth-order valence-electron chi connectivity index (χ4n) is 2.66. The molecule has 3 amide bonds. The standard InChI is InChI=1S/C17H33N3O2/c1-6-13(7-2)15(21)19-14-8-10-20(11-9-14)16(22)18-12-17(3,4)5/h13-14H,6-12H2,1-5H3,(H,18,22)(H,19,21). The molecule has 0 saturated carbocycles. The lowest BCUT2D eigenvalue weighted by atomic mass is 9.97. The van der Waals surface area contributed by atoms with E-state index in [0.717, 1.165) is 25.7 Å². The number of carbonyl (C=O) groups excluding carboxylic acids is 2. The second-order valence-electron chi connectivity index (χ2n) is 7.50. The van der Waals surface area contributed by atoms with E-state index in [1.807, 2.05) is 4.90 Å². The van der Waals surface area contributed by atoms with Gasteiger partial charge in [-0.05, 0) is 31.1 Å². The van der Waals surface area contributed by atoms with E-state index >= 15 is 0 Å². The third-order valence-corrected chi connectivity index (χ3v) is 4.25. The summed E-state index contributed by atoms with van der Waals surface area (Å²) in [6.07, 6.45) is 3.45. The molecule has 0 aliphatic carbocycles. The molecule has 1 rings (SSSR count). The van der Waals surface area contributed by atoms with Crippen molar-refractivity contribution in [3.63, 3.8) is 0 Å². The minimum atomic E-state index is 0.0136. The van der Waals surface area contributed by atoms with Crippen molar-refractivity contribution in [1.82, 2.24) is 15.5 Å². The van der Waals surface area contributed by atoms with Gasteiger partial charge in [-0.3, -0.25) is 4.79 Å². The van der Waals surface area contributed by atoms with E-state index < -0.39 is 0 Å². The molecule has 0 aromatic rings. The van der Waals surface area contributed by atoms with Crippen LogP contribution in [0.4, 0.5) is 4.79 Å². The van der Waals surface area contributed by atoms with E-state index in [9.17, 15) is 9.59 Å². The second kappa shape index (κ2) is 8.39. The van der Waals surface area contributed by atoms with Gasteiger partial charge in [0.1, 0.15) is 0 Å². The molecular formula is C17H33N3O2. The molecule has 1 saturated heterocycles. The summed E-state index contributed by atoms with van der Waals surface area (Å²) in [4.78, 5) is 26.1. The molecule has 1 aliphatic rings. The van der Waals surface area contributed by atoms with E-state index in [1.165, 1.54) is 0 Å². The van der Waals surface area contributed by atoms with E-state index in [4.69, 9.17) is 0 Å². The van der Waals surface area contributed by atoms with Crippen LogP contribution >= 0.6 is 0 Å². The summed E-state index contributed by atoms with van der Waals surface area (Å²) in [5.74, 6) is 0.286. The lowest BCUT2D eigenvalue weighted by molar-refractivity contribution is -0.126. The normalized spacial score (nSPS) is 16.7. The first-order valence-electron chi connectivity index (χ1n) is 8.60. The molecule has 128 valence electrons. The number of nitrogens with one attached hydrogen (secondary N) is 2. The fraction of sp³-hybridized carbons (Fsp3) is 0.882. The lowest BCUT2D eigenvalue weighted by Gasteiger charge is -2.33. The number of nitrogens with zero attached hydrogens (tertiary/aromatic N) is 1. The summed E-state index contributed by atoms with van der Waals surface area (Å²) < 4.78 is 0. The van der Waals surface area contributed by atoms with Crippen molar-refractivity contribution in [2.75, 3.05) is 19.6 Å². The van der Waals surface area contributed by atoms with E-state index in [2.05, 4.69) is 45.3 Å². The third kappa shape index (κ3) is 6.24. The highest BCUT2D eigenvalue weighted by Crippen LogP contribution is 2.15. The van der Waals surface area contributed by atoms with Crippen LogP contribution in [0.3, 0.4) is 0 Å². The monoisotopic (exact) mass is 311 g/mol. The van der Waals surface area contributed by atoms with Crippen molar-refractivity contribution in [3.05, 3.63) is 0 Å². The van der Waals surface area contributed by atoms with Crippen molar-refractivity contribution in [2.45, 2.75) is 66.3 Å². The zero-order valence-electron chi connectivity index (χ0n) is 14.9. The molecule has 5 heteroatoms. The minimum absolute atomic E-state index is 0.0136. The Labute approximate surface area is 135 Å². The molecule has 0 bridgehead atoms. The van der Waals surface area contributed by atoms with Crippen LogP contribution in [0.25, 0.3) is 0 Å². The van der Waals surface area contributed by atoms with Crippen LogP contribution in [0.2, 0.25) is 0 Å². The van der Waals surface area contributed by atoms with Gasteiger partial charge >= 0.3 is 6.03 Å². The summed E-state index contributed by atoms with van der Waals surface area (Å²) in [5.41, 5.74) is 0.0945. The zero-order valence-corrected chi connectivity index (χ0v) is 14.9. The van der Waals surface area contributed by atoms with Gasteiger partial charge in [0.15, 0.2) is 0 Å². The average molecular weight is 311 g/mol. The van der Waals surface area contributed by atoms with Gasteiger partial charge in [-0.25, -0.2) is 4.79 Å². The first-order chi connectivity index (χ1) is 10.3. The predicted octanol–water partition coefficient (Wildman–Crippen LogP) is 2.76. The highest BCUT2D eigenvalue weighted by atomic mass is 16.2. The van der Waals surface area contributed by atoms with Gasteiger partial charge in [0.25, 0.3) is 0 Å². The third-order valence-electron chi connectivity index (χ3n) is 4.25. The Kier molecular flexibility index (Phi) is 7.17. The molecule has 0 atom stereocenters. The highest BCUT2D eigenvalue weighted by Gasteiger charge is 2.25. The molecular weight excluding hydrogens is 278 g/mol. The van der Waals surface area contributed by atoms with Crippen molar-refractivity contribution in [2.24, 2.45) is 11.3 Å². The Morgan fingerprint density at radius 2 is 1.68 bits per heavy atom. The Balaban J connectivity index is 2.34. The van der Waals surface area contributed by atoms with Crippen LogP contribution in [0.1, 0.15) is 60.3 Å². The van der Waals surface area contributed by atoms with Crippen LogP contribution in [-0.4, -0.2) is 42.5 Å². The molecule has 1 aliphatic heterocycles. The SMILES string of the molecule is CCC(CC)C(=O)NC1CCN(C(=O)NCC(C)(C)C)CC1. The fourth-order valence-corrected chi connectivity index (χ4v) is 2.66. The summed E-state index contributed by atoms with van der Waals surface area (Å²) in [7, 11) is 0. The van der Waals surface area contributed by atoms with Gasteiger partial charge in [-0.15, -0.1) is 0 Å². The molecule has 0 unspecified atom stereocenters. The van der Waals surface area contributed by atoms with Crippen LogP contribution in [0.15, 0.2) is 0 Å². The number of piperidine rings is 1. The molecule has 5 nitrogen and oxygen atoms in total. The van der Waals surface area contributed by atoms with Gasteiger partial charge in [0.05, 0.1) is 0 Å². The number of rotatable bonds is 5. The number of likely N-dealkylation sites (tertiary alicyclic amines) is 1. The number of urea groups is 1. The van der Waals surface area contributed by atoms with Crippen LogP contribution < -0.4 is 10.6 Å². The first-order valence-corrected chi connectivity index (χ1v) is 8.60. The number of carbonyl (C=O) groups is 2. The summed E-state index contributed by atoms with van der Waals surface area (Å²) >= 11 is 0. The number of hydrogen-bond acceptors (Lipinski definition) is 2. The van der Waals surface area contributed by atoms with Crippen molar-refractivity contribution < 1.29 is 9.59 Å². The topological polar surface area (TPSA) is 61.4 Å². The Morgan fingerprint density at radius 1 is 1.14 bits per heavy atom. The molecule has 1 heterocycles. The maximum atomic E-state index is 12.1.